The van der Waals surface area contributed by atoms with Gasteiger partial charge < -0.3 is 15.0 Å². The predicted octanol–water partition coefficient (Wildman–Crippen LogP) is 3.26. The molecule has 2 amide bonds. The highest BCUT2D eigenvalue weighted by Gasteiger charge is 2.60. The monoisotopic (exact) mass is 330 g/mol. The Morgan fingerprint density at radius 2 is 2.00 bits per heavy atom. The van der Waals surface area contributed by atoms with E-state index in [1.165, 1.54) is 0 Å². The second kappa shape index (κ2) is 5.80. The third kappa shape index (κ3) is 2.99. The molecule has 0 aromatic heterocycles. The summed E-state index contributed by atoms with van der Waals surface area (Å²) >= 11 is 0. The van der Waals surface area contributed by atoms with E-state index in [0.29, 0.717) is 6.54 Å². The van der Waals surface area contributed by atoms with E-state index in [4.69, 9.17) is 4.74 Å². The van der Waals surface area contributed by atoms with Crippen LogP contribution in [0.3, 0.4) is 0 Å². The maximum atomic E-state index is 12.8. The number of rotatable bonds is 3. The SMILES string of the molecule is C[C@H](c1ccccc1)N1C[C@]2(NC(=O)OC(C)(C)C)CCC2C1=O. The summed E-state index contributed by atoms with van der Waals surface area (Å²) in [6.07, 6.45) is 1.21. The molecule has 3 atom stereocenters. The Labute approximate surface area is 143 Å². The van der Waals surface area contributed by atoms with Gasteiger partial charge in [0.25, 0.3) is 0 Å². The molecule has 3 rings (SSSR count). The van der Waals surface area contributed by atoms with Gasteiger partial charge in [-0.05, 0) is 46.1 Å². The number of hydrogen-bond donors (Lipinski definition) is 1. The van der Waals surface area contributed by atoms with Crippen LogP contribution in [-0.4, -0.2) is 34.6 Å². The zero-order valence-electron chi connectivity index (χ0n) is 14.8. The predicted molar refractivity (Wildman–Crippen MR) is 91.4 cm³/mol. The Hall–Kier alpha value is -2.04. The molecule has 1 heterocycles. The van der Waals surface area contributed by atoms with E-state index in [-0.39, 0.29) is 17.9 Å². The standard InChI is InChI=1S/C19H26N2O3/c1-13(14-8-6-5-7-9-14)21-12-19(11-10-15(19)16(21)22)20-17(23)24-18(2,3)4/h5-9,13,15H,10-12H2,1-4H3,(H,20,23)/t13-,15?,19-/m1/s1. The Morgan fingerprint density at radius 3 is 2.54 bits per heavy atom. The van der Waals surface area contributed by atoms with Crippen LogP contribution in [0.15, 0.2) is 30.3 Å². The molecule has 1 unspecified atom stereocenters. The molecular formula is C19H26N2O3. The fourth-order valence-corrected chi connectivity index (χ4v) is 3.70. The number of alkyl carbamates (subject to hydrolysis) is 1. The van der Waals surface area contributed by atoms with Crippen LogP contribution in [0.25, 0.3) is 0 Å². The average molecular weight is 330 g/mol. The highest BCUT2D eigenvalue weighted by atomic mass is 16.6. The number of amides is 2. The maximum absolute atomic E-state index is 12.8. The minimum absolute atomic E-state index is 0.00149. The van der Waals surface area contributed by atoms with Gasteiger partial charge in [-0.25, -0.2) is 4.79 Å². The van der Waals surface area contributed by atoms with Crippen LogP contribution < -0.4 is 5.32 Å². The summed E-state index contributed by atoms with van der Waals surface area (Å²) in [4.78, 5) is 26.9. The van der Waals surface area contributed by atoms with Gasteiger partial charge in [0.05, 0.1) is 17.5 Å². The molecule has 130 valence electrons. The Morgan fingerprint density at radius 1 is 1.33 bits per heavy atom. The van der Waals surface area contributed by atoms with Crippen molar-refractivity contribution in [3.05, 3.63) is 35.9 Å². The Bertz CT molecular complexity index is 638. The summed E-state index contributed by atoms with van der Waals surface area (Å²) < 4.78 is 5.38. The summed E-state index contributed by atoms with van der Waals surface area (Å²) in [6, 6.07) is 10.0. The zero-order chi connectivity index (χ0) is 17.5. The molecule has 24 heavy (non-hydrogen) atoms. The summed E-state index contributed by atoms with van der Waals surface area (Å²) in [5.41, 5.74) is 0.0989. The molecule has 5 nitrogen and oxygen atoms in total. The lowest BCUT2D eigenvalue weighted by atomic mass is 9.69. The minimum Gasteiger partial charge on any atom is -0.444 e. The van der Waals surface area contributed by atoms with Crippen molar-refractivity contribution in [2.75, 3.05) is 6.54 Å². The Balaban J connectivity index is 1.73. The highest BCUT2D eigenvalue weighted by molar-refractivity contribution is 5.86. The first-order valence-electron chi connectivity index (χ1n) is 8.58. The number of hydrogen-bond acceptors (Lipinski definition) is 3. The number of fused-ring (bicyclic) bond motifs is 1. The first kappa shape index (κ1) is 16.8. The van der Waals surface area contributed by atoms with Gasteiger partial charge in [-0.1, -0.05) is 30.3 Å². The van der Waals surface area contributed by atoms with Crippen molar-refractivity contribution in [2.45, 2.75) is 57.7 Å². The molecule has 1 N–H and O–H groups in total. The van der Waals surface area contributed by atoms with Crippen molar-refractivity contribution < 1.29 is 14.3 Å². The third-order valence-corrected chi connectivity index (χ3v) is 5.08. The van der Waals surface area contributed by atoms with Gasteiger partial charge in [-0.3, -0.25) is 4.79 Å². The first-order chi connectivity index (χ1) is 11.2. The van der Waals surface area contributed by atoms with Crippen molar-refractivity contribution in [3.8, 4) is 0 Å². The van der Waals surface area contributed by atoms with E-state index >= 15 is 0 Å². The van der Waals surface area contributed by atoms with Gasteiger partial charge >= 0.3 is 6.09 Å². The molecule has 1 aliphatic heterocycles. The summed E-state index contributed by atoms with van der Waals surface area (Å²) in [7, 11) is 0. The number of ether oxygens (including phenoxy) is 1. The van der Waals surface area contributed by atoms with Crippen LogP contribution in [0.2, 0.25) is 0 Å². The lowest BCUT2D eigenvalue weighted by Crippen LogP contribution is -2.61. The molecule has 5 heteroatoms. The fourth-order valence-electron chi connectivity index (χ4n) is 3.70. The molecule has 2 aliphatic rings. The smallest absolute Gasteiger partial charge is 0.408 e. The molecule has 2 fully saturated rings. The van der Waals surface area contributed by atoms with Gasteiger partial charge in [0.2, 0.25) is 5.91 Å². The number of nitrogens with one attached hydrogen (secondary N) is 1. The fraction of sp³-hybridized carbons (Fsp3) is 0.579. The highest BCUT2D eigenvalue weighted by Crippen LogP contribution is 2.47. The lowest BCUT2D eigenvalue weighted by molar-refractivity contribution is -0.134. The average Bonchev–Trinajstić information content (AvgIpc) is 2.65. The first-order valence-corrected chi connectivity index (χ1v) is 8.58. The van der Waals surface area contributed by atoms with E-state index in [1.807, 2.05) is 62.9 Å². The van der Waals surface area contributed by atoms with Crippen LogP contribution in [0, 0.1) is 5.92 Å². The number of carbonyl (C=O) groups is 2. The maximum Gasteiger partial charge on any atom is 0.408 e. The van der Waals surface area contributed by atoms with E-state index in [1.54, 1.807) is 0 Å². The van der Waals surface area contributed by atoms with Gasteiger partial charge in [0.15, 0.2) is 0 Å². The molecule has 0 spiro atoms. The second-order valence-corrected chi connectivity index (χ2v) is 7.93. The molecule has 1 aromatic rings. The number of carbonyl (C=O) groups excluding carboxylic acids is 2. The van der Waals surface area contributed by atoms with Crippen molar-refractivity contribution in [1.29, 1.82) is 0 Å². The van der Waals surface area contributed by atoms with E-state index in [9.17, 15) is 9.59 Å². The molecule has 0 bridgehead atoms. The molecule has 1 saturated heterocycles. The molecule has 1 aliphatic carbocycles. The van der Waals surface area contributed by atoms with Crippen LogP contribution in [-0.2, 0) is 9.53 Å². The van der Waals surface area contributed by atoms with Gasteiger partial charge in [-0.2, -0.15) is 0 Å². The Kier molecular flexibility index (Phi) is 4.06. The van der Waals surface area contributed by atoms with Crippen molar-refractivity contribution >= 4 is 12.0 Å². The lowest BCUT2D eigenvalue weighted by Gasteiger charge is -2.43. The van der Waals surface area contributed by atoms with Crippen molar-refractivity contribution in [2.24, 2.45) is 5.92 Å². The van der Waals surface area contributed by atoms with Crippen LogP contribution >= 0.6 is 0 Å². The molecular weight excluding hydrogens is 304 g/mol. The second-order valence-electron chi connectivity index (χ2n) is 7.93. The zero-order valence-corrected chi connectivity index (χ0v) is 14.8. The normalized spacial score (nSPS) is 27.2. The molecule has 0 radical (unpaired) electrons. The minimum atomic E-state index is -0.542. The summed E-state index contributed by atoms with van der Waals surface area (Å²) in [5, 5.41) is 2.99. The molecule has 1 aromatic carbocycles. The topological polar surface area (TPSA) is 58.6 Å². The quantitative estimate of drug-likeness (QED) is 0.925. The van der Waals surface area contributed by atoms with Crippen LogP contribution in [0.4, 0.5) is 4.79 Å². The van der Waals surface area contributed by atoms with Gasteiger partial charge in [-0.15, -0.1) is 0 Å². The van der Waals surface area contributed by atoms with E-state index < -0.39 is 17.2 Å². The van der Waals surface area contributed by atoms with Crippen LogP contribution in [0.1, 0.15) is 52.1 Å². The number of benzene rings is 1. The summed E-state index contributed by atoms with van der Waals surface area (Å²) in [5.74, 6) is 0.00448. The number of likely N-dealkylation sites (tertiary alicyclic amines) is 1. The largest absolute Gasteiger partial charge is 0.444 e. The van der Waals surface area contributed by atoms with Gasteiger partial charge in [0, 0.05) is 6.54 Å². The van der Waals surface area contributed by atoms with Crippen LogP contribution in [0.5, 0.6) is 0 Å². The molecule has 1 saturated carbocycles. The summed E-state index contributed by atoms with van der Waals surface area (Å²) in [6.45, 7) is 8.11. The van der Waals surface area contributed by atoms with E-state index in [2.05, 4.69) is 5.32 Å². The van der Waals surface area contributed by atoms with Gasteiger partial charge in [0.1, 0.15) is 5.60 Å². The van der Waals surface area contributed by atoms with Crippen molar-refractivity contribution in [3.63, 3.8) is 0 Å². The van der Waals surface area contributed by atoms with E-state index in [0.717, 1.165) is 18.4 Å². The number of nitrogens with zero attached hydrogens (tertiary/aromatic N) is 1. The van der Waals surface area contributed by atoms with Crippen molar-refractivity contribution in [1.82, 2.24) is 10.2 Å². The third-order valence-electron chi connectivity index (χ3n) is 5.08.